The number of nitrogens with zero attached hydrogens (tertiary/aromatic N) is 2. The lowest BCUT2D eigenvalue weighted by Gasteiger charge is -2.39. The maximum Gasteiger partial charge on any atom is 0.181 e. The molecular weight excluding hydrogens is 637 g/mol. The van der Waals surface area contributed by atoms with Crippen molar-refractivity contribution in [2.75, 3.05) is 0 Å². The van der Waals surface area contributed by atoms with Crippen molar-refractivity contribution in [1.82, 2.24) is 4.57 Å². The molecule has 0 radical (unpaired) electrons. The first-order valence-corrected chi connectivity index (χ1v) is 19.7. The van der Waals surface area contributed by atoms with Crippen LogP contribution in [-0.2, 0) is 0 Å². The molecule has 0 saturated heterocycles. The Hall–Kier alpha value is -5.38. The van der Waals surface area contributed by atoms with E-state index in [1.165, 1.54) is 50.7 Å². The highest BCUT2D eigenvalue weighted by Crippen LogP contribution is 2.39. The van der Waals surface area contributed by atoms with Gasteiger partial charge in [-0.05, 0) is 81.4 Å². The molecular formula is C43H26N2S2Si. The molecule has 48 heavy (non-hydrogen) atoms. The summed E-state index contributed by atoms with van der Waals surface area (Å²) in [5.74, 6) is 0. The number of thiophene rings is 1. The maximum atomic E-state index is 9.65. The van der Waals surface area contributed by atoms with Crippen LogP contribution in [0.25, 0.3) is 47.7 Å². The second-order valence-electron chi connectivity index (χ2n) is 12.4. The number of hydrogen-bond donors (Lipinski definition) is 0. The predicted octanol–water partition coefficient (Wildman–Crippen LogP) is 8.87. The molecule has 2 aromatic heterocycles. The molecule has 224 valence electrons. The van der Waals surface area contributed by atoms with Crippen molar-refractivity contribution in [1.29, 1.82) is 5.26 Å². The molecule has 0 fully saturated rings. The summed E-state index contributed by atoms with van der Waals surface area (Å²) in [4.78, 5) is 2.71. The van der Waals surface area contributed by atoms with Crippen LogP contribution in [0.5, 0.6) is 0 Å². The Labute approximate surface area is 287 Å². The quantitative estimate of drug-likeness (QED) is 0.177. The van der Waals surface area contributed by atoms with Gasteiger partial charge in [-0.1, -0.05) is 109 Å². The number of benzene rings is 7. The zero-order valence-corrected chi connectivity index (χ0v) is 28.4. The number of nitriles is 1. The molecule has 0 spiro atoms. The fourth-order valence-corrected chi connectivity index (χ4v) is 16.0. The van der Waals surface area contributed by atoms with E-state index >= 15 is 0 Å². The number of para-hydroxylation sites is 1. The molecule has 0 bridgehead atoms. The highest BCUT2D eigenvalue weighted by atomic mass is 32.2. The van der Waals surface area contributed by atoms with Crippen LogP contribution < -0.4 is 20.7 Å². The van der Waals surface area contributed by atoms with Crippen molar-refractivity contribution in [3.8, 4) is 11.8 Å². The Kier molecular flexibility index (Phi) is 6.10. The zero-order chi connectivity index (χ0) is 31.8. The molecule has 0 unspecified atom stereocenters. The maximum absolute atomic E-state index is 9.65. The fraction of sp³-hybridized carbons (Fsp3) is 0. The second kappa shape index (κ2) is 10.6. The van der Waals surface area contributed by atoms with Crippen molar-refractivity contribution >= 4 is 93.9 Å². The van der Waals surface area contributed by atoms with Gasteiger partial charge in [0, 0.05) is 46.4 Å². The van der Waals surface area contributed by atoms with Crippen LogP contribution in [0.3, 0.4) is 0 Å². The van der Waals surface area contributed by atoms with Crippen molar-refractivity contribution in [3.05, 3.63) is 163 Å². The molecule has 0 saturated carbocycles. The lowest BCUT2D eigenvalue weighted by molar-refractivity contribution is 1.19. The fourth-order valence-electron chi connectivity index (χ4n) is 7.93. The van der Waals surface area contributed by atoms with E-state index in [9.17, 15) is 5.26 Å². The van der Waals surface area contributed by atoms with Gasteiger partial charge in [0.2, 0.25) is 0 Å². The minimum absolute atomic E-state index is 0.679. The summed E-state index contributed by atoms with van der Waals surface area (Å²) in [5, 5.41) is 20.2. The summed E-state index contributed by atoms with van der Waals surface area (Å²) in [7, 11) is -2.65. The van der Waals surface area contributed by atoms with Crippen molar-refractivity contribution < 1.29 is 0 Å². The molecule has 1 aliphatic rings. The van der Waals surface area contributed by atoms with Crippen LogP contribution in [-0.4, -0.2) is 12.6 Å². The molecule has 1 aliphatic heterocycles. The van der Waals surface area contributed by atoms with Gasteiger partial charge in [0.25, 0.3) is 0 Å². The number of rotatable bonds is 3. The summed E-state index contributed by atoms with van der Waals surface area (Å²) in [6.45, 7) is 0. The minimum Gasteiger partial charge on any atom is -0.309 e. The number of aromatic nitrogens is 1. The van der Waals surface area contributed by atoms with E-state index in [2.05, 4.69) is 156 Å². The first kappa shape index (κ1) is 27.7. The van der Waals surface area contributed by atoms with Crippen LogP contribution in [0, 0.1) is 11.3 Å². The van der Waals surface area contributed by atoms with E-state index in [4.69, 9.17) is 0 Å². The summed E-state index contributed by atoms with van der Waals surface area (Å²) < 4.78 is 4.94. The topological polar surface area (TPSA) is 28.7 Å². The molecule has 7 aromatic carbocycles. The van der Waals surface area contributed by atoms with E-state index in [0.717, 1.165) is 27.5 Å². The molecule has 9 aromatic rings. The predicted molar refractivity (Wildman–Crippen MR) is 206 cm³/mol. The van der Waals surface area contributed by atoms with Gasteiger partial charge in [-0.3, -0.25) is 0 Å². The SMILES string of the molecule is N#Cc1ccc2c(c1)c1ccccc1n2-c1ccc2sc3ccc([Si]4(c5ccccc5)c5ccccc5Sc5ccccc54)cc3c2c1. The number of fused-ring (bicyclic) bond motifs is 8. The van der Waals surface area contributed by atoms with Gasteiger partial charge in [-0.2, -0.15) is 5.26 Å². The van der Waals surface area contributed by atoms with Crippen LogP contribution in [0.1, 0.15) is 5.56 Å². The number of hydrogen-bond acceptors (Lipinski definition) is 3. The van der Waals surface area contributed by atoms with E-state index < -0.39 is 8.07 Å². The van der Waals surface area contributed by atoms with Gasteiger partial charge in [-0.25, -0.2) is 0 Å². The van der Waals surface area contributed by atoms with E-state index in [-0.39, 0.29) is 0 Å². The lowest BCUT2D eigenvalue weighted by Crippen LogP contribution is -2.76. The third-order valence-corrected chi connectivity index (χ3v) is 17.5. The Morgan fingerprint density at radius 3 is 1.92 bits per heavy atom. The molecule has 0 aliphatic carbocycles. The van der Waals surface area contributed by atoms with Crippen LogP contribution in [0.4, 0.5) is 0 Å². The molecule has 0 atom stereocenters. The van der Waals surface area contributed by atoms with E-state index in [0.29, 0.717) is 5.56 Å². The molecule has 0 amide bonds. The first-order chi connectivity index (χ1) is 23.7. The third-order valence-electron chi connectivity index (χ3n) is 9.95. The second-order valence-corrected chi connectivity index (χ2v) is 18.3. The van der Waals surface area contributed by atoms with Crippen LogP contribution >= 0.6 is 23.1 Å². The van der Waals surface area contributed by atoms with Crippen LogP contribution in [0.2, 0.25) is 0 Å². The average molecular weight is 663 g/mol. The van der Waals surface area contributed by atoms with Gasteiger partial charge in [0.15, 0.2) is 8.07 Å². The summed E-state index contributed by atoms with van der Waals surface area (Å²) in [6, 6.07) is 60.5. The van der Waals surface area contributed by atoms with Crippen LogP contribution in [0.15, 0.2) is 168 Å². The van der Waals surface area contributed by atoms with Gasteiger partial charge < -0.3 is 4.57 Å². The Bertz CT molecular complexity index is 2740. The first-order valence-electron chi connectivity index (χ1n) is 16.1. The van der Waals surface area contributed by atoms with Gasteiger partial charge in [0.1, 0.15) is 0 Å². The summed E-state index contributed by atoms with van der Waals surface area (Å²) in [5.41, 5.74) is 4.06. The Balaban J connectivity index is 1.26. The molecule has 2 nitrogen and oxygen atoms in total. The Morgan fingerprint density at radius 2 is 1.15 bits per heavy atom. The largest absolute Gasteiger partial charge is 0.309 e. The third kappa shape index (κ3) is 3.85. The van der Waals surface area contributed by atoms with Gasteiger partial charge in [0.05, 0.1) is 22.7 Å². The van der Waals surface area contributed by atoms with E-state index in [1.807, 2.05) is 35.2 Å². The normalized spacial score (nSPS) is 13.5. The molecule has 0 N–H and O–H groups in total. The lowest BCUT2D eigenvalue weighted by atomic mass is 10.1. The standard InChI is InChI=1S/C43H26N2S2Si/c44-27-28-18-21-37-33(24-28)32-12-4-5-13-36(32)45(37)29-19-22-38-34(25-29)35-26-31(20-23-39(35)46-38)48(30-10-2-1-3-11-30)42-16-8-6-14-40(42)47-41-15-7-9-17-43(41)48/h1-26H. The summed E-state index contributed by atoms with van der Waals surface area (Å²) >= 11 is 3.77. The highest BCUT2D eigenvalue weighted by Gasteiger charge is 2.46. The molecule has 10 rings (SSSR count). The highest BCUT2D eigenvalue weighted by molar-refractivity contribution is 8.00. The molecule has 5 heteroatoms. The van der Waals surface area contributed by atoms with Gasteiger partial charge >= 0.3 is 0 Å². The average Bonchev–Trinajstić information content (AvgIpc) is 3.68. The minimum atomic E-state index is -2.65. The van der Waals surface area contributed by atoms with Crippen molar-refractivity contribution in [2.24, 2.45) is 0 Å². The monoisotopic (exact) mass is 662 g/mol. The van der Waals surface area contributed by atoms with Gasteiger partial charge in [-0.15, -0.1) is 11.3 Å². The van der Waals surface area contributed by atoms with Crippen molar-refractivity contribution in [3.63, 3.8) is 0 Å². The smallest absolute Gasteiger partial charge is 0.181 e. The Morgan fingerprint density at radius 1 is 0.500 bits per heavy atom. The van der Waals surface area contributed by atoms with E-state index in [1.54, 1.807) is 0 Å². The molecule has 3 heterocycles. The zero-order valence-electron chi connectivity index (χ0n) is 25.7. The van der Waals surface area contributed by atoms with Crippen molar-refractivity contribution in [2.45, 2.75) is 9.79 Å². The summed E-state index contributed by atoms with van der Waals surface area (Å²) in [6.07, 6.45) is 0.